The average Bonchev–Trinajstić information content (AvgIpc) is 2.30. The van der Waals surface area contributed by atoms with Gasteiger partial charge in [-0.3, -0.25) is 9.78 Å². The second-order valence-corrected chi connectivity index (χ2v) is 3.39. The van der Waals surface area contributed by atoms with E-state index in [9.17, 15) is 4.79 Å². The largest absolute Gasteiger partial charge is 0.298 e. The van der Waals surface area contributed by atoms with Crippen molar-refractivity contribution in [3.63, 3.8) is 0 Å². The summed E-state index contributed by atoms with van der Waals surface area (Å²) in [5.41, 5.74) is 3.73. The second-order valence-electron chi connectivity index (χ2n) is 3.39. The van der Waals surface area contributed by atoms with Gasteiger partial charge in [0.1, 0.15) is 0 Å². The molecule has 2 nitrogen and oxygen atoms in total. The lowest BCUT2D eigenvalue weighted by Crippen LogP contribution is -1.92. The van der Waals surface area contributed by atoms with Crippen LogP contribution in [0.1, 0.15) is 15.9 Å². The first-order valence-electron chi connectivity index (χ1n) is 4.78. The summed E-state index contributed by atoms with van der Waals surface area (Å²) in [4.78, 5) is 14.8. The summed E-state index contributed by atoms with van der Waals surface area (Å²) < 4.78 is 0. The van der Waals surface area contributed by atoms with Gasteiger partial charge in [0.15, 0.2) is 6.29 Å². The van der Waals surface area contributed by atoms with E-state index in [2.05, 4.69) is 4.98 Å². The molecule has 2 heteroatoms. The zero-order valence-electron chi connectivity index (χ0n) is 8.47. The van der Waals surface area contributed by atoms with Crippen LogP contribution >= 0.6 is 0 Å². The lowest BCUT2D eigenvalue weighted by atomic mass is 10.0. The number of carbonyl (C=O) groups is 1. The minimum absolute atomic E-state index is 0.649. The molecule has 0 N–H and O–H groups in total. The van der Waals surface area contributed by atoms with Crippen molar-refractivity contribution in [2.45, 2.75) is 6.92 Å². The van der Waals surface area contributed by atoms with E-state index in [1.54, 1.807) is 12.4 Å². The standard InChI is InChI=1S/C13H11NO/c1-10-12(9-15)7-14-8-13(10)11-5-3-2-4-6-11/h2-9H,1H3. The highest BCUT2D eigenvalue weighted by molar-refractivity contribution is 5.81. The summed E-state index contributed by atoms with van der Waals surface area (Å²) in [6, 6.07) is 9.94. The van der Waals surface area contributed by atoms with Crippen LogP contribution in [0.2, 0.25) is 0 Å². The molecule has 2 rings (SSSR count). The third-order valence-corrected chi connectivity index (χ3v) is 2.47. The normalized spacial score (nSPS) is 9.93. The predicted octanol–water partition coefficient (Wildman–Crippen LogP) is 2.87. The van der Waals surface area contributed by atoms with E-state index in [0.29, 0.717) is 5.56 Å². The third-order valence-electron chi connectivity index (χ3n) is 2.47. The van der Waals surface area contributed by atoms with Crippen molar-refractivity contribution in [1.82, 2.24) is 4.98 Å². The van der Waals surface area contributed by atoms with Gasteiger partial charge in [-0.15, -0.1) is 0 Å². The van der Waals surface area contributed by atoms with Crippen LogP contribution in [0.5, 0.6) is 0 Å². The van der Waals surface area contributed by atoms with Gasteiger partial charge < -0.3 is 0 Å². The maximum atomic E-state index is 10.8. The Balaban J connectivity index is 2.59. The number of nitrogens with zero attached hydrogens (tertiary/aromatic N) is 1. The van der Waals surface area contributed by atoms with E-state index in [-0.39, 0.29) is 0 Å². The van der Waals surface area contributed by atoms with Crippen molar-refractivity contribution >= 4 is 6.29 Å². The molecule has 1 aromatic carbocycles. The van der Waals surface area contributed by atoms with E-state index in [1.165, 1.54) is 0 Å². The molecule has 0 saturated carbocycles. The zero-order valence-corrected chi connectivity index (χ0v) is 8.47. The van der Waals surface area contributed by atoms with E-state index in [1.807, 2.05) is 37.3 Å². The van der Waals surface area contributed by atoms with Crippen LogP contribution in [0.4, 0.5) is 0 Å². The molecule has 15 heavy (non-hydrogen) atoms. The van der Waals surface area contributed by atoms with Crippen molar-refractivity contribution < 1.29 is 4.79 Å². The Morgan fingerprint density at radius 2 is 1.87 bits per heavy atom. The highest BCUT2D eigenvalue weighted by atomic mass is 16.1. The lowest BCUT2D eigenvalue weighted by Gasteiger charge is -2.06. The Kier molecular flexibility index (Phi) is 2.59. The van der Waals surface area contributed by atoms with Crippen LogP contribution in [0.15, 0.2) is 42.7 Å². The van der Waals surface area contributed by atoms with Gasteiger partial charge in [-0.05, 0) is 18.1 Å². The van der Waals surface area contributed by atoms with E-state index in [0.717, 1.165) is 23.0 Å². The Hall–Kier alpha value is -1.96. The van der Waals surface area contributed by atoms with Crippen molar-refractivity contribution in [3.05, 3.63) is 53.9 Å². The molecule has 0 saturated heterocycles. The quantitative estimate of drug-likeness (QED) is 0.693. The summed E-state index contributed by atoms with van der Waals surface area (Å²) >= 11 is 0. The van der Waals surface area contributed by atoms with Crippen LogP contribution < -0.4 is 0 Å². The molecular formula is C13H11NO. The maximum Gasteiger partial charge on any atom is 0.151 e. The molecule has 0 unspecified atom stereocenters. The Labute approximate surface area is 88.6 Å². The molecular weight excluding hydrogens is 186 g/mol. The van der Waals surface area contributed by atoms with E-state index < -0.39 is 0 Å². The van der Waals surface area contributed by atoms with Gasteiger partial charge in [0, 0.05) is 23.5 Å². The van der Waals surface area contributed by atoms with E-state index >= 15 is 0 Å². The molecule has 0 aliphatic rings. The molecule has 1 heterocycles. The summed E-state index contributed by atoms with van der Waals surface area (Å²) in [5.74, 6) is 0. The predicted molar refractivity (Wildman–Crippen MR) is 59.8 cm³/mol. The van der Waals surface area contributed by atoms with Crippen molar-refractivity contribution in [1.29, 1.82) is 0 Å². The van der Waals surface area contributed by atoms with Gasteiger partial charge in [-0.1, -0.05) is 30.3 Å². The highest BCUT2D eigenvalue weighted by Crippen LogP contribution is 2.23. The Morgan fingerprint density at radius 1 is 1.13 bits per heavy atom. The molecule has 0 fully saturated rings. The molecule has 0 bridgehead atoms. The van der Waals surface area contributed by atoms with Crippen LogP contribution in [-0.4, -0.2) is 11.3 Å². The summed E-state index contributed by atoms with van der Waals surface area (Å²) in [7, 11) is 0. The summed E-state index contributed by atoms with van der Waals surface area (Å²) in [6.07, 6.45) is 4.22. The highest BCUT2D eigenvalue weighted by Gasteiger charge is 2.05. The molecule has 0 aliphatic carbocycles. The average molecular weight is 197 g/mol. The third kappa shape index (κ3) is 1.79. The fraction of sp³-hybridized carbons (Fsp3) is 0.0769. The van der Waals surface area contributed by atoms with Crippen LogP contribution in [0.25, 0.3) is 11.1 Å². The van der Waals surface area contributed by atoms with Gasteiger partial charge in [0.2, 0.25) is 0 Å². The number of aldehydes is 1. The van der Waals surface area contributed by atoms with Crippen molar-refractivity contribution in [2.24, 2.45) is 0 Å². The monoisotopic (exact) mass is 197 g/mol. The van der Waals surface area contributed by atoms with Gasteiger partial charge in [0.25, 0.3) is 0 Å². The molecule has 0 radical (unpaired) electrons. The number of carbonyl (C=O) groups excluding carboxylic acids is 1. The Bertz CT molecular complexity index is 477. The summed E-state index contributed by atoms with van der Waals surface area (Å²) in [6.45, 7) is 1.94. The fourth-order valence-electron chi connectivity index (χ4n) is 1.57. The SMILES string of the molecule is Cc1c(C=O)cncc1-c1ccccc1. The lowest BCUT2D eigenvalue weighted by molar-refractivity contribution is 0.112. The second kappa shape index (κ2) is 4.05. The number of aromatic nitrogens is 1. The van der Waals surface area contributed by atoms with Crippen molar-refractivity contribution in [3.8, 4) is 11.1 Å². The molecule has 1 aromatic heterocycles. The molecule has 0 atom stereocenters. The van der Waals surface area contributed by atoms with Gasteiger partial charge in [-0.25, -0.2) is 0 Å². The van der Waals surface area contributed by atoms with Crippen LogP contribution in [-0.2, 0) is 0 Å². The molecule has 0 spiro atoms. The first-order valence-corrected chi connectivity index (χ1v) is 4.78. The number of hydrogen-bond acceptors (Lipinski definition) is 2. The zero-order chi connectivity index (χ0) is 10.7. The first-order chi connectivity index (χ1) is 7.33. The van der Waals surface area contributed by atoms with Crippen molar-refractivity contribution in [2.75, 3.05) is 0 Å². The Morgan fingerprint density at radius 3 is 2.53 bits per heavy atom. The molecule has 74 valence electrons. The number of rotatable bonds is 2. The van der Waals surface area contributed by atoms with Crippen LogP contribution in [0, 0.1) is 6.92 Å². The molecule has 0 aliphatic heterocycles. The van der Waals surface area contributed by atoms with Gasteiger partial charge >= 0.3 is 0 Å². The molecule has 2 aromatic rings. The van der Waals surface area contributed by atoms with E-state index in [4.69, 9.17) is 0 Å². The minimum atomic E-state index is 0.649. The molecule has 0 amide bonds. The topological polar surface area (TPSA) is 30.0 Å². The van der Waals surface area contributed by atoms with Gasteiger partial charge in [0.05, 0.1) is 0 Å². The number of hydrogen-bond donors (Lipinski definition) is 0. The smallest absolute Gasteiger partial charge is 0.151 e. The fourth-order valence-corrected chi connectivity index (χ4v) is 1.57. The number of benzene rings is 1. The first kappa shape index (κ1) is 9.59. The van der Waals surface area contributed by atoms with Gasteiger partial charge in [-0.2, -0.15) is 0 Å². The summed E-state index contributed by atoms with van der Waals surface area (Å²) in [5, 5.41) is 0. The minimum Gasteiger partial charge on any atom is -0.298 e. The maximum absolute atomic E-state index is 10.8. The number of pyridine rings is 1. The van der Waals surface area contributed by atoms with Crippen LogP contribution in [0.3, 0.4) is 0 Å².